The molecule has 0 amide bonds. The summed E-state index contributed by atoms with van der Waals surface area (Å²) in [4.78, 5) is 8.22. The number of para-hydroxylation sites is 1. The summed E-state index contributed by atoms with van der Waals surface area (Å²) in [6.07, 6.45) is 0. The fourth-order valence-electron chi connectivity index (χ4n) is 1.18. The van der Waals surface area contributed by atoms with Crippen molar-refractivity contribution >= 4 is 34.4 Å². The summed E-state index contributed by atoms with van der Waals surface area (Å²) in [5.41, 5.74) is 4.53. The molecule has 0 aliphatic rings. The van der Waals surface area contributed by atoms with Gasteiger partial charge >= 0.3 is 0 Å². The van der Waals surface area contributed by atoms with Gasteiger partial charge in [0, 0.05) is 10.9 Å². The number of isothiocyanates is 1. The number of hydrogen-bond donors (Lipinski definition) is 0. The van der Waals surface area contributed by atoms with E-state index in [-0.39, 0.29) is 0 Å². The Hall–Kier alpha value is -1.35. The van der Waals surface area contributed by atoms with Crippen LogP contribution in [-0.2, 0) is 0 Å². The van der Waals surface area contributed by atoms with Crippen LogP contribution in [-0.4, -0.2) is 10.1 Å². The van der Waals surface area contributed by atoms with E-state index in [1.54, 1.807) is 16.8 Å². The predicted molar refractivity (Wildman–Crippen MR) is 62.2 cm³/mol. The van der Waals surface area contributed by atoms with E-state index in [0.717, 1.165) is 16.9 Å². The Morgan fingerprint density at radius 3 is 2.93 bits per heavy atom. The number of thiazole rings is 1. The third-order valence-electron chi connectivity index (χ3n) is 1.78. The molecule has 0 saturated heterocycles. The predicted octanol–water partition coefficient (Wildman–Crippen LogP) is 3.54. The van der Waals surface area contributed by atoms with Crippen molar-refractivity contribution in [2.45, 2.75) is 0 Å². The number of aliphatic imine (C=N–C) groups is 1. The minimum Gasteiger partial charge on any atom is -0.245 e. The minimum absolute atomic E-state index is 0.813. The van der Waals surface area contributed by atoms with E-state index in [1.807, 2.05) is 29.6 Å². The molecular weight excluding hydrogens is 212 g/mol. The number of thiocarbonyl (C=S) groups is 1. The average Bonchev–Trinajstić information content (AvgIpc) is 2.72. The first-order chi connectivity index (χ1) is 6.92. The SMILES string of the molecule is S=C=Nc1ccccc1-c1cscn1. The van der Waals surface area contributed by atoms with Gasteiger partial charge in [-0.05, 0) is 18.3 Å². The van der Waals surface area contributed by atoms with Crippen LogP contribution in [0, 0.1) is 0 Å². The highest BCUT2D eigenvalue weighted by Gasteiger charge is 2.04. The number of hydrogen-bond acceptors (Lipinski definition) is 4. The summed E-state index contributed by atoms with van der Waals surface area (Å²) in [7, 11) is 0. The van der Waals surface area contributed by atoms with Gasteiger partial charge in [-0.1, -0.05) is 18.2 Å². The van der Waals surface area contributed by atoms with Crippen molar-refractivity contribution < 1.29 is 0 Å². The van der Waals surface area contributed by atoms with E-state index in [1.165, 1.54) is 0 Å². The molecule has 0 spiro atoms. The molecule has 0 unspecified atom stereocenters. The third kappa shape index (κ3) is 1.77. The molecule has 68 valence electrons. The van der Waals surface area contributed by atoms with E-state index in [9.17, 15) is 0 Å². The number of nitrogens with zero attached hydrogens (tertiary/aromatic N) is 2. The Morgan fingerprint density at radius 2 is 2.21 bits per heavy atom. The van der Waals surface area contributed by atoms with Crippen LogP contribution in [0.4, 0.5) is 5.69 Å². The molecule has 0 bridgehead atoms. The van der Waals surface area contributed by atoms with Crippen LogP contribution in [0.25, 0.3) is 11.3 Å². The van der Waals surface area contributed by atoms with Gasteiger partial charge < -0.3 is 0 Å². The first-order valence-corrected chi connectivity index (χ1v) is 5.32. The molecular formula is C10H6N2S2. The van der Waals surface area contributed by atoms with E-state index in [4.69, 9.17) is 0 Å². The average molecular weight is 218 g/mol. The number of benzene rings is 1. The molecule has 14 heavy (non-hydrogen) atoms. The Morgan fingerprint density at radius 1 is 1.36 bits per heavy atom. The zero-order chi connectivity index (χ0) is 9.80. The normalized spacial score (nSPS) is 9.43. The van der Waals surface area contributed by atoms with Crippen LogP contribution in [0.1, 0.15) is 0 Å². The number of aromatic nitrogens is 1. The largest absolute Gasteiger partial charge is 0.245 e. The fraction of sp³-hybridized carbons (Fsp3) is 0. The van der Waals surface area contributed by atoms with Crippen LogP contribution >= 0.6 is 23.6 Å². The van der Waals surface area contributed by atoms with Gasteiger partial charge in [0.25, 0.3) is 0 Å². The van der Waals surface area contributed by atoms with E-state index >= 15 is 0 Å². The zero-order valence-corrected chi connectivity index (χ0v) is 8.81. The molecule has 0 atom stereocenters. The van der Waals surface area contributed by atoms with Crippen LogP contribution in [0.3, 0.4) is 0 Å². The van der Waals surface area contributed by atoms with Crippen molar-refractivity contribution in [1.29, 1.82) is 0 Å². The highest BCUT2D eigenvalue weighted by molar-refractivity contribution is 7.78. The van der Waals surface area contributed by atoms with Crippen molar-refractivity contribution in [2.24, 2.45) is 4.99 Å². The summed E-state index contributed by atoms with van der Waals surface area (Å²) in [6, 6.07) is 7.74. The zero-order valence-electron chi connectivity index (χ0n) is 7.18. The van der Waals surface area contributed by atoms with Crippen LogP contribution < -0.4 is 0 Å². The summed E-state index contributed by atoms with van der Waals surface area (Å²) in [5, 5.41) is 4.35. The fourth-order valence-corrected chi connectivity index (χ4v) is 1.83. The van der Waals surface area contributed by atoms with Gasteiger partial charge in [0.2, 0.25) is 0 Å². The van der Waals surface area contributed by atoms with E-state index < -0.39 is 0 Å². The van der Waals surface area contributed by atoms with E-state index in [0.29, 0.717) is 0 Å². The van der Waals surface area contributed by atoms with Crippen molar-refractivity contribution in [1.82, 2.24) is 4.98 Å². The molecule has 4 heteroatoms. The molecule has 2 aromatic rings. The Labute approximate surface area is 91.0 Å². The summed E-state index contributed by atoms with van der Waals surface area (Å²) in [6.45, 7) is 0. The Kier molecular flexibility index (Phi) is 2.79. The molecule has 1 aromatic carbocycles. The Balaban J connectivity index is 2.57. The van der Waals surface area contributed by atoms with Crippen molar-refractivity contribution in [2.75, 3.05) is 0 Å². The lowest BCUT2D eigenvalue weighted by Gasteiger charge is -1.99. The van der Waals surface area contributed by atoms with Gasteiger partial charge in [0.05, 0.1) is 22.1 Å². The van der Waals surface area contributed by atoms with Gasteiger partial charge in [-0.3, -0.25) is 0 Å². The van der Waals surface area contributed by atoms with E-state index in [2.05, 4.69) is 27.4 Å². The maximum Gasteiger partial charge on any atom is 0.0833 e. The van der Waals surface area contributed by atoms with Crippen molar-refractivity contribution in [3.8, 4) is 11.3 Å². The topological polar surface area (TPSA) is 25.2 Å². The van der Waals surface area contributed by atoms with Gasteiger partial charge in [0.1, 0.15) is 0 Å². The summed E-state index contributed by atoms with van der Waals surface area (Å²) >= 11 is 6.15. The first kappa shape index (κ1) is 9.21. The lowest BCUT2D eigenvalue weighted by molar-refractivity contribution is 1.40. The molecule has 2 rings (SSSR count). The van der Waals surface area contributed by atoms with Crippen LogP contribution in [0.5, 0.6) is 0 Å². The highest BCUT2D eigenvalue weighted by atomic mass is 32.1. The molecule has 0 N–H and O–H groups in total. The van der Waals surface area contributed by atoms with Crippen LogP contribution in [0.2, 0.25) is 0 Å². The molecule has 0 aliphatic heterocycles. The smallest absolute Gasteiger partial charge is 0.0833 e. The monoisotopic (exact) mass is 218 g/mol. The molecule has 0 radical (unpaired) electrons. The second-order valence-corrected chi connectivity index (χ2v) is 3.50. The third-order valence-corrected chi connectivity index (χ3v) is 2.46. The lowest BCUT2D eigenvalue weighted by Crippen LogP contribution is -1.77. The quantitative estimate of drug-likeness (QED) is 0.569. The summed E-state index contributed by atoms with van der Waals surface area (Å²) in [5.74, 6) is 0. The maximum absolute atomic E-state index is 4.59. The molecule has 0 fully saturated rings. The minimum atomic E-state index is 0.813. The molecule has 1 aromatic heterocycles. The summed E-state index contributed by atoms with van der Waals surface area (Å²) < 4.78 is 0. The second kappa shape index (κ2) is 4.24. The Bertz CT molecular complexity index is 471. The molecule has 1 heterocycles. The molecule has 0 aliphatic carbocycles. The second-order valence-electron chi connectivity index (χ2n) is 2.59. The molecule has 0 saturated carbocycles. The number of rotatable bonds is 2. The van der Waals surface area contributed by atoms with Crippen molar-refractivity contribution in [3.05, 3.63) is 35.2 Å². The van der Waals surface area contributed by atoms with Crippen LogP contribution in [0.15, 0.2) is 40.1 Å². The van der Waals surface area contributed by atoms with Gasteiger partial charge in [-0.2, -0.15) is 4.99 Å². The lowest BCUT2D eigenvalue weighted by atomic mass is 10.1. The standard InChI is InChI=1S/C10H6N2S2/c13-6-11-9-4-2-1-3-8(9)10-5-14-7-12-10/h1-5,7H. The van der Waals surface area contributed by atoms with Gasteiger partial charge in [-0.15, -0.1) is 11.3 Å². The maximum atomic E-state index is 4.59. The molecule has 2 nitrogen and oxygen atoms in total. The van der Waals surface area contributed by atoms with Gasteiger partial charge in [-0.25, -0.2) is 4.98 Å². The van der Waals surface area contributed by atoms with Gasteiger partial charge in [0.15, 0.2) is 0 Å². The first-order valence-electron chi connectivity index (χ1n) is 3.97. The highest BCUT2D eigenvalue weighted by Crippen LogP contribution is 2.28. The van der Waals surface area contributed by atoms with Crippen molar-refractivity contribution in [3.63, 3.8) is 0 Å².